The van der Waals surface area contributed by atoms with E-state index in [-0.39, 0.29) is 11.5 Å². The van der Waals surface area contributed by atoms with Crippen LogP contribution in [0.2, 0.25) is 0 Å². The number of rotatable bonds is 2. The molecule has 0 atom stereocenters. The molecule has 1 fully saturated rings. The zero-order valence-corrected chi connectivity index (χ0v) is 9.52. The van der Waals surface area contributed by atoms with Crippen LogP contribution in [0.15, 0.2) is 23.1 Å². The van der Waals surface area contributed by atoms with E-state index in [0.717, 1.165) is 4.90 Å². The van der Waals surface area contributed by atoms with Crippen LogP contribution in [0.5, 0.6) is 0 Å². The number of thioether (sulfide) groups is 1. The molecule has 1 nitrogen and oxygen atoms in total. The average Bonchev–Trinajstić information content (AvgIpc) is 2.25. The standard InChI is InChI=1S/C12H16FNS/c13-11-8-10(6-7-12(11)14)15-9-4-2-1-3-5-9/h6-9H,1-5,14H2. The van der Waals surface area contributed by atoms with Gasteiger partial charge in [-0.2, -0.15) is 0 Å². The van der Waals surface area contributed by atoms with Gasteiger partial charge in [0.1, 0.15) is 5.82 Å². The van der Waals surface area contributed by atoms with Gasteiger partial charge < -0.3 is 5.73 Å². The highest BCUT2D eigenvalue weighted by molar-refractivity contribution is 8.00. The third-order valence-corrected chi connectivity index (χ3v) is 4.16. The van der Waals surface area contributed by atoms with E-state index < -0.39 is 0 Å². The van der Waals surface area contributed by atoms with Crippen LogP contribution in [-0.2, 0) is 0 Å². The van der Waals surface area contributed by atoms with Gasteiger partial charge in [-0.25, -0.2) is 4.39 Å². The number of halogens is 1. The summed E-state index contributed by atoms with van der Waals surface area (Å²) in [4.78, 5) is 1.01. The first-order valence-corrected chi connectivity index (χ1v) is 6.35. The van der Waals surface area contributed by atoms with Gasteiger partial charge in [0.05, 0.1) is 5.69 Å². The lowest BCUT2D eigenvalue weighted by atomic mass is 10.0. The molecule has 1 aliphatic rings. The maximum Gasteiger partial charge on any atom is 0.147 e. The third-order valence-electron chi connectivity index (χ3n) is 2.83. The molecule has 1 saturated carbocycles. The van der Waals surface area contributed by atoms with Gasteiger partial charge in [0.2, 0.25) is 0 Å². The summed E-state index contributed by atoms with van der Waals surface area (Å²) in [6.45, 7) is 0. The predicted molar refractivity (Wildman–Crippen MR) is 63.5 cm³/mol. The molecule has 15 heavy (non-hydrogen) atoms. The lowest BCUT2D eigenvalue weighted by Crippen LogP contribution is -2.07. The van der Waals surface area contributed by atoms with Crippen molar-refractivity contribution in [3.63, 3.8) is 0 Å². The first-order chi connectivity index (χ1) is 7.25. The Bertz CT molecular complexity index is 334. The number of benzene rings is 1. The van der Waals surface area contributed by atoms with E-state index in [1.807, 2.05) is 6.07 Å². The van der Waals surface area contributed by atoms with Crippen molar-refractivity contribution in [1.82, 2.24) is 0 Å². The highest BCUT2D eigenvalue weighted by atomic mass is 32.2. The summed E-state index contributed by atoms with van der Waals surface area (Å²) >= 11 is 1.79. The van der Waals surface area contributed by atoms with Crippen LogP contribution in [0.1, 0.15) is 32.1 Å². The Hall–Kier alpha value is -0.700. The largest absolute Gasteiger partial charge is 0.396 e. The zero-order valence-electron chi connectivity index (χ0n) is 8.71. The van der Waals surface area contributed by atoms with Crippen molar-refractivity contribution >= 4 is 17.4 Å². The minimum atomic E-state index is -0.296. The summed E-state index contributed by atoms with van der Waals surface area (Å²) in [5.41, 5.74) is 5.68. The molecule has 0 spiro atoms. The van der Waals surface area contributed by atoms with Crippen LogP contribution in [0.4, 0.5) is 10.1 Å². The van der Waals surface area contributed by atoms with Crippen molar-refractivity contribution in [3.8, 4) is 0 Å². The average molecular weight is 225 g/mol. The van der Waals surface area contributed by atoms with E-state index >= 15 is 0 Å². The molecule has 2 rings (SSSR count). The Morgan fingerprint density at radius 2 is 1.93 bits per heavy atom. The molecule has 82 valence electrons. The molecule has 1 aromatic carbocycles. The van der Waals surface area contributed by atoms with E-state index in [1.54, 1.807) is 23.9 Å². The highest BCUT2D eigenvalue weighted by Crippen LogP contribution is 2.34. The molecular formula is C12H16FNS. The molecule has 0 aromatic heterocycles. The quantitative estimate of drug-likeness (QED) is 0.774. The maximum absolute atomic E-state index is 13.2. The molecule has 3 heteroatoms. The van der Waals surface area contributed by atoms with E-state index in [2.05, 4.69) is 0 Å². The van der Waals surface area contributed by atoms with Crippen LogP contribution in [-0.4, -0.2) is 5.25 Å². The van der Waals surface area contributed by atoms with Crippen LogP contribution in [0.3, 0.4) is 0 Å². The first-order valence-electron chi connectivity index (χ1n) is 5.47. The molecule has 0 bridgehead atoms. The summed E-state index contributed by atoms with van der Waals surface area (Å²) < 4.78 is 13.2. The lowest BCUT2D eigenvalue weighted by Gasteiger charge is -2.20. The molecule has 1 aliphatic carbocycles. The predicted octanol–water partition coefficient (Wildman–Crippen LogP) is 3.83. The van der Waals surface area contributed by atoms with Crippen molar-refractivity contribution in [1.29, 1.82) is 0 Å². The van der Waals surface area contributed by atoms with Crippen molar-refractivity contribution in [2.45, 2.75) is 42.2 Å². The van der Waals surface area contributed by atoms with Crippen molar-refractivity contribution in [2.24, 2.45) is 0 Å². The smallest absolute Gasteiger partial charge is 0.147 e. The Morgan fingerprint density at radius 3 is 2.60 bits per heavy atom. The molecule has 0 aliphatic heterocycles. The molecule has 0 radical (unpaired) electrons. The summed E-state index contributed by atoms with van der Waals surface area (Å²) in [7, 11) is 0. The topological polar surface area (TPSA) is 26.0 Å². The second-order valence-corrected chi connectivity index (χ2v) is 5.43. The van der Waals surface area contributed by atoms with E-state index in [0.29, 0.717) is 5.25 Å². The van der Waals surface area contributed by atoms with E-state index in [9.17, 15) is 4.39 Å². The number of nitrogens with two attached hydrogens (primary N) is 1. The number of anilines is 1. The van der Waals surface area contributed by atoms with Crippen LogP contribution >= 0.6 is 11.8 Å². The first kappa shape index (κ1) is 10.8. The lowest BCUT2D eigenvalue weighted by molar-refractivity contribution is 0.516. The maximum atomic E-state index is 13.2. The number of hydrogen-bond donors (Lipinski definition) is 1. The van der Waals surface area contributed by atoms with Crippen LogP contribution in [0, 0.1) is 5.82 Å². The Morgan fingerprint density at radius 1 is 1.20 bits per heavy atom. The van der Waals surface area contributed by atoms with Crippen LogP contribution in [0.25, 0.3) is 0 Å². The van der Waals surface area contributed by atoms with Gasteiger partial charge in [0, 0.05) is 10.1 Å². The Labute approximate surface area is 94.2 Å². The summed E-state index contributed by atoms with van der Waals surface area (Å²) in [6.07, 6.45) is 6.50. The molecule has 0 heterocycles. The minimum Gasteiger partial charge on any atom is -0.396 e. The van der Waals surface area contributed by atoms with Crippen molar-refractivity contribution in [2.75, 3.05) is 5.73 Å². The summed E-state index contributed by atoms with van der Waals surface area (Å²) in [6, 6.07) is 5.12. The van der Waals surface area contributed by atoms with Gasteiger partial charge >= 0.3 is 0 Å². The van der Waals surface area contributed by atoms with Gasteiger partial charge in [-0.15, -0.1) is 11.8 Å². The van der Waals surface area contributed by atoms with Gasteiger partial charge in [0.15, 0.2) is 0 Å². The fraction of sp³-hybridized carbons (Fsp3) is 0.500. The zero-order chi connectivity index (χ0) is 10.7. The van der Waals surface area contributed by atoms with E-state index in [4.69, 9.17) is 5.73 Å². The monoisotopic (exact) mass is 225 g/mol. The summed E-state index contributed by atoms with van der Waals surface area (Å²) in [5, 5.41) is 0.668. The second kappa shape index (κ2) is 4.88. The second-order valence-electron chi connectivity index (χ2n) is 4.06. The van der Waals surface area contributed by atoms with Crippen molar-refractivity contribution in [3.05, 3.63) is 24.0 Å². The third kappa shape index (κ3) is 2.88. The number of nitrogen functional groups attached to an aromatic ring is 1. The van der Waals surface area contributed by atoms with Crippen LogP contribution < -0.4 is 5.73 Å². The van der Waals surface area contributed by atoms with Gasteiger partial charge in [-0.3, -0.25) is 0 Å². The molecule has 0 unspecified atom stereocenters. The SMILES string of the molecule is Nc1ccc(SC2CCCCC2)cc1F. The summed E-state index contributed by atoms with van der Waals surface area (Å²) in [5.74, 6) is -0.296. The molecule has 0 saturated heterocycles. The fourth-order valence-electron chi connectivity index (χ4n) is 1.96. The minimum absolute atomic E-state index is 0.239. The molecule has 1 aromatic rings. The highest BCUT2D eigenvalue weighted by Gasteiger charge is 2.14. The van der Waals surface area contributed by atoms with Crippen molar-refractivity contribution < 1.29 is 4.39 Å². The molecule has 0 amide bonds. The molecule has 2 N–H and O–H groups in total. The van der Waals surface area contributed by atoms with Gasteiger partial charge in [-0.1, -0.05) is 19.3 Å². The van der Waals surface area contributed by atoms with Gasteiger partial charge in [0.25, 0.3) is 0 Å². The Kier molecular flexibility index (Phi) is 3.52. The molecular weight excluding hydrogens is 209 g/mol. The Balaban J connectivity index is 2.00. The van der Waals surface area contributed by atoms with E-state index in [1.165, 1.54) is 32.1 Å². The number of hydrogen-bond acceptors (Lipinski definition) is 2. The fourth-order valence-corrected chi connectivity index (χ4v) is 3.23. The van der Waals surface area contributed by atoms with Gasteiger partial charge in [-0.05, 0) is 31.0 Å². The normalized spacial score (nSPS) is 17.9.